The molecule has 6 heteroatoms. The number of imide groups is 1. The van der Waals surface area contributed by atoms with Crippen molar-refractivity contribution in [1.82, 2.24) is 10.2 Å². The van der Waals surface area contributed by atoms with Gasteiger partial charge in [0.2, 0.25) is 5.91 Å². The normalized spacial score (nSPS) is 18.0. The van der Waals surface area contributed by atoms with Crippen LogP contribution in [0.4, 0.5) is 9.18 Å². The molecule has 1 unspecified atom stereocenters. The van der Waals surface area contributed by atoms with Crippen molar-refractivity contribution in [2.45, 2.75) is 13.3 Å². The number of hydrogen-bond acceptors (Lipinski definition) is 3. The summed E-state index contributed by atoms with van der Waals surface area (Å²) >= 11 is 0. The maximum Gasteiger partial charge on any atom is 0.324 e. The first-order valence-corrected chi connectivity index (χ1v) is 7.53. The van der Waals surface area contributed by atoms with E-state index < -0.39 is 6.03 Å². The van der Waals surface area contributed by atoms with Gasteiger partial charge in [0.05, 0.1) is 25.7 Å². The van der Waals surface area contributed by atoms with E-state index in [1.165, 1.54) is 17.0 Å². The lowest BCUT2D eigenvalue weighted by atomic mass is 9.96. The zero-order valence-corrected chi connectivity index (χ0v) is 13.2. The summed E-state index contributed by atoms with van der Waals surface area (Å²) < 4.78 is 18.3. The van der Waals surface area contributed by atoms with Gasteiger partial charge in [-0.2, -0.15) is 0 Å². The number of halogens is 1. The number of carbonyl (C=O) groups excluding carboxylic acids is 2. The van der Waals surface area contributed by atoms with Crippen LogP contribution in [0.2, 0.25) is 0 Å². The van der Waals surface area contributed by atoms with E-state index in [1.807, 2.05) is 6.92 Å². The molecule has 1 N–H and O–H groups in total. The number of nitrogens with one attached hydrogen (secondary N) is 1. The van der Waals surface area contributed by atoms with Gasteiger partial charge in [0.1, 0.15) is 5.82 Å². The lowest BCUT2D eigenvalue weighted by Crippen LogP contribution is -2.56. The van der Waals surface area contributed by atoms with Crippen LogP contribution in [0.1, 0.15) is 12.5 Å². The third kappa shape index (κ3) is 4.89. The molecule has 3 amide bonds. The Morgan fingerprint density at radius 1 is 1.39 bits per heavy atom. The van der Waals surface area contributed by atoms with Crippen LogP contribution in [0.3, 0.4) is 0 Å². The zero-order chi connectivity index (χ0) is 16.8. The molecule has 0 saturated carbocycles. The molecule has 1 aliphatic rings. The van der Waals surface area contributed by atoms with Gasteiger partial charge in [-0.05, 0) is 31.0 Å². The summed E-state index contributed by atoms with van der Waals surface area (Å²) in [6, 6.07) is 5.64. The number of nitrogens with zero attached hydrogens (tertiary/aromatic N) is 1. The molecule has 0 aromatic heterocycles. The van der Waals surface area contributed by atoms with Crippen molar-refractivity contribution in [1.29, 1.82) is 0 Å². The van der Waals surface area contributed by atoms with Gasteiger partial charge in [-0.25, -0.2) is 9.18 Å². The molecule has 0 radical (unpaired) electrons. The summed E-state index contributed by atoms with van der Waals surface area (Å²) in [4.78, 5) is 25.5. The largest absolute Gasteiger partial charge is 0.375 e. The minimum absolute atomic E-state index is 0.206. The summed E-state index contributed by atoms with van der Waals surface area (Å²) in [5, 5.41) is 2.71. The van der Waals surface area contributed by atoms with Crippen molar-refractivity contribution in [3.63, 3.8) is 0 Å². The predicted octanol–water partition coefficient (Wildman–Crippen LogP) is 2.13. The van der Waals surface area contributed by atoms with Crippen LogP contribution >= 0.6 is 0 Å². The minimum atomic E-state index is -0.399. The van der Waals surface area contributed by atoms with Crippen LogP contribution in [-0.2, 0) is 16.0 Å². The topological polar surface area (TPSA) is 58.6 Å². The highest BCUT2D eigenvalue weighted by atomic mass is 19.1. The van der Waals surface area contributed by atoms with Crippen molar-refractivity contribution >= 4 is 11.9 Å². The Labute approximate surface area is 135 Å². The first kappa shape index (κ1) is 17.1. The quantitative estimate of drug-likeness (QED) is 0.618. The van der Waals surface area contributed by atoms with Gasteiger partial charge in [-0.3, -0.25) is 9.69 Å². The Balaban J connectivity index is 1.92. The van der Waals surface area contributed by atoms with Crippen molar-refractivity contribution in [3.05, 3.63) is 47.8 Å². The van der Waals surface area contributed by atoms with E-state index in [2.05, 4.69) is 11.9 Å². The van der Waals surface area contributed by atoms with E-state index in [9.17, 15) is 14.0 Å². The first-order valence-electron chi connectivity index (χ1n) is 7.53. The molecule has 1 aliphatic heterocycles. The van der Waals surface area contributed by atoms with Gasteiger partial charge < -0.3 is 10.1 Å². The molecule has 1 fully saturated rings. The van der Waals surface area contributed by atoms with E-state index >= 15 is 0 Å². The Hall–Kier alpha value is -2.21. The molecule has 23 heavy (non-hydrogen) atoms. The average Bonchev–Trinajstić information content (AvgIpc) is 2.51. The molecule has 0 spiro atoms. The number of ether oxygens (including phenoxy) is 1. The monoisotopic (exact) mass is 320 g/mol. The van der Waals surface area contributed by atoms with Crippen LogP contribution in [0.5, 0.6) is 0 Å². The van der Waals surface area contributed by atoms with Crippen LogP contribution in [0.15, 0.2) is 36.4 Å². The summed E-state index contributed by atoms with van der Waals surface area (Å²) in [6.07, 6.45) is 0.461. The van der Waals surface area contributed by atoms with Crippen molar-refractivity contribution in [3.8, 4) is 0 Å². The highest BCUT2D eigenvalue weighted by Crippen LogP contribution is 2.16. The highest BCUT2D eigenvalue weighted by molar-refractivity contribution is 5.98. The molecular weight excluding hydrogens is 299 g/mol. The Bertz CT molecular complexity index is 586. The van der Waals surface area contributed by atoms with Gasteiger partial charge in [-0.15, -0.1) is 0 Å². The van der Waals surface area contributed by atoms with Crippen LogP contribution < -0.4 is 5.32 Å². The summed E-state index contributed by atoms with van der Waals surface area (Å²) in [5.41, 5.74) is 1.74. The fraction of sp³-hybridized carbons (Fsp3) is 0.412. The fourth-order valence-corrected chi connectivity index (χ4v) is 2.39. The number of carbonyl (C=O) groups is 2. The predicted molar refractivity (Wildman–Crippen MR) is 84.3 cm³/mol. The summed E-state index contributed by atoms with van der Waals surface area (Å²) in [7, 11) is 0. The van der Waals surface area contributed by atoms with Crippen LogP contribution in [0, 0.1) is 11.7 Å². The highest BCUT2D eigenvalue weighted by Gasteiger charge is 2.33. The average molecular weight is 320 g/mol. The third-order valence-corrected chi connectivity index (χ3v) is 3.56. The molecule has 1 aromatic carbocycles. The molecule has 1 aromatic rings. The van der Waals surface area contributed by atoms with Crippen LogP contribution in [-0.4, -0.2) is 43.1 Å². The third-order valence-electron chi connectivity index (χ3n) is 3.56. The van der Waals surface area contributed by atoms with Crippen molar-refractivity contribution in [2.75, 3.05) is 26.3 Å². The molecule has 1 saturated heterocycles. The zero-order valence-electron chi connectivity index (χ0n) is 13.2. The van der Waals surface area contributed by atoms with Gasteiger partial charge in [-0.1, -0.05) is 24.3 Å². The maximum absolute atomic E-state index is 12.9. The van der Waals surface area contributed by atoms with Gasteiger partial charge in [0.15, 0.2) is 0 Å². The molecule has 2 rings (SSSR count). The fourth-order valence-electron chi connectivity index (χ4n) is 2.39. The van der Waals surface area contributed by atoms with Gasteiger partial charge in [0.25, 0.3) is 0 Å². The Kier molecular flexibility index (Phi) is 5.87. The molecule has 5 nitrogen and oxygen atoms in total. The van der Waals surface area contributed by atoms with E-state index in [0.717, 1.165) is 11.1 Å². The van der Waals surface area contributed by atoms with E-state index in [-0.39, 0.29) is 37.3 Å². The summed E-state index contributed by atoms with van der Waals surface area (Å²) in [6.45, 7) is 6.74. The lowest BCUT2D eigenvalue weighted by molar-refractivity contribution is -0.134. The number of amides is 3. The number of urea groups is 1. The van der Waals surface area contributed by atoms with Crippen LogP contribution in [0.25, 0.3) is 0 Å². The second kappa shape index (κ2) is 7.87. The van der Waals surface area contributed by atoms with E-state index in [1.54, 1.807) is 12.1 Å². The van der Waals surface area contributed by atoms with Gasteiger partial charge >= 0.3 is 6.03 Å². The number of benzene rings is 1. The molecule has 1 heterocycles. The smallest absolute Gasteiger partial charge is 0.324 e. The number of hydrogen-bond donors (Lipinski definition) is 1. The van der Waals surface area contributed by atoms with Crippen molar-refractivity contribution in [2.24, 2.45) is 5.92 Å². The minimum Gasteiger partial charge on any atom is -0.375 e. The number of rotatable bonds is 7. The van der Waals surface area contributed by atoms with Gasteiger partial charge in [0, 0.05) is 6.54 Å². The van der Waals surface area contributed by atoms with E-state index in [0.29, 0.717) is 13.0 Å². The molecule has 124 valence electrons. The molecule has 1 atom stereocenters. The Morgan fingerprint density at radius 2 is 2.09 bits per heavy atom. The maximum atomic E-state index is 12.9. The molecular formula is C17H21FN2O3. The second-order valence-electron chi connectivity index (χ2n) is 5.71. The lowest BCUT2D eigenvalue weighted by Gasteiger charge is -2.31. The molecule has 0 bridgehead atoms. The molecule has 0 aliphatic carbocycles. The summed E-state index contributed by atoms with van der Waals surface area (Å²) in [5.74, 6) is -0.885. The SMILES string of the molecule is C=C(C)COCCN1C(=O)NCC(Cc2ccc(F)cc2)C1=O. The van der Waals surface area contributed by atoms with Crippen molar-refractivity contribution < 1.29 is 18.7 Å². The second-order valence-corrected chi connectivity index (χ2v) is 5.71. The Morgan fingerprint density at radius 3 is 2.74 bits per heavy atom. The van der Waals surface area contributed by atoms with E-state index in [4.69, 9.17) is 4.74 Å². The standard InChI is InChI=1S/C17H21FN2O3/c1-12(2)11-23-8-7-20-16(21)14(10-19-17(20)22)9-13-3-5-15(18)6-4-13/h3-6,14H,1,7-11H2,2H3,(H,19,22). The first-order chi connectivity index (χ1) is 11.0.